The minimum atomic E-state index is -3.57. The number of hydrogen-bond donors (Lipinski definition) is 1. The first-order valence-electron chi connectivity index (χ1n) is 14.9. The number of carbonyl (C=O) groups is 2. The van der Waals surface area contributed by atoms with Crippen LogP contribution in [-0.2, 0) is 29.1 Å². The number of allylic oxidation sites excluding steroid dienone is 1. The molecule has 1 unspecified atom stereocenters. The van der Waals surface area contributed by atoms with Crippen molar-refractivity contribution in [1.82, 2.24) is 14.6 Å². The lowest BCUT2D eigenvalue weighted by molar-refractivity contribution is -0.146. The quantitative estimate of drug-likeness (QED) is 0.289. The van der Waals surface area contributed by atoms with Crippen LogP contribution in [0.15, 0.2) is 40.0 Å². The summed E-state index contributed by atoms with van der Waals surface area (Å²) in [5, 5.41) is 5.04. The van der Waals surface area contributed by atoms with Gasteiger partial charge >= 0.3 is 11.9 Å². The summed E-state index contributed by atoms with van der Waals surface area (Å²) < 4.78 is 67.3. The van der Waals surface area contributed by atoms with Gasteiger partial charge < -0.3 is 14.8 Å². The number of nitrogens with zero attached hydrogens (tertiary/aromatic N) is 3. The van der Waals surface area contributed by atoms with E-state index in [0.29, 0.717) is 55.1 Å². The van der Waals surface area contributed by atoms with Crippen LogP contribution in [0.5, 0.6) is 0 Å². The number of nitrogens with one attached hydrogen (secondary N) is 1. The van der Waals surface area contributed by atoms with Gasteiger partial charge in [0.05, 0.1) is 36.0 Å². The van der Waals surface area contributed by atoms with E-state index in [4.69, 9.17) is 21.1 Å². The van der Waals surface area contributed by atoms with Gasteiger partial charge in [-0.1, -0.05) is 17.7 Å². The molecule has 2 aliphatic heterocycles. The van der Waals surface area contributed by atoms with E-state index < -0.39 is 38.7 Å². The first-order chi connectivity index (χ1) is 21.5. The molecule has 1 aromatic carbocycles. The van der Waals surface area contributed by atoms with E-state index in [9.17, 15) is 26.8 Å². The molecule has 1 aliphatic carbocycles. The van der Waals surface area contributed by atoms with Crippen molar-refractivity contribution in [2.75, 3.05) is 32.6 Å². The molecule has 5 rings (SSSR count). The third kappa shape index (κ3) is 7.23. The second kappa shape index (κ2) is 14.2. The van der Waals surface area contributed by atoms with Crippen molar-refractivity contribution in [2.45, 2.75) is 51.5 Å². The molecule has 1 aromatic heterocycles. The summed E-state index contributed by atoms with van der Waals surface area (Å²) in [6, 6.07) is 1.11. The zero-order valence-electron chi connectivity index (χ0n) is 24.9. The predicted molar refractivity (Wildman–Crippen MR) is 165 cm³/mol. The summed E-state index contributed by atoms with van der Waals surface area (Å²) in [5.74, 6) is -3.50. The van der Waals surface area contributed by atoms with Gasteiger partial charge in [0.15, 0.2) is 22.5 Å². The molecule has 2 fully saturated rings. The minimum Gasteiger partial charge on any atom is -0.469 e. The maximum atomic E-state index is 14.6. The van der Waals surface area contributed by atoms with Crippen LogP contribution in [-0.4, -0.2) is 68.0 Å². The number of amidine groups is 1. The standard InChI is InChI=1S/C30H35ClF2N4O6S2/c1-3-43-30(39)22-25(35-27(28-34-12-15-44-28)36-26(22)20-8-9-21(32)24(33)23(20)31)18-10-13-37(14-11-18)45(40,41)16-17-4-6-19(7-5-17)29(38)42-2/h8-9,12,15,17-19,26H,3-7,10-11,13-14,16H2,1-2H3,(H,35,36)/t17-,19-,26?. The summed E-state index contributed by atoms with van der Waals surface area (Å²) in [7, 11) is -2.21. The van der Waals surface area contributed by atoms with Gasteiger partial charge in [0.1, 0.15) is 6.04 Å². The maximum Gasteiger partial charge on any atom is 0.338 e. The smallest absolute Gasteiger partial charge is 0.338 e. The third-order valence-electron chi connectivity index (χ3n) is 8.65. The number of benzene rings is 1. The van der Waals surface area contributed by atoms with E-state index in [1.54, 1.807) is 18.5 Å². The van der Waals surface area contributed by atoms with Crippen LogP contribution in [0, 0.1) is 29.4 Å². The van der Waals surface area contributed by atoms with Crippen LogP contribution in [0.3, 0.4) is 0 Å². The molecule has 1 saturated heterocycles. The number of halogens is 3. The fraction of sp³-hybridized carbons (Fsp3) is 0.533. The first-order valence-corrected chi connectivity index (χ1v) is 17.8. The van der Waals surface area contributed by atoms with Crippen molar-refractivity contribution in [2.24, 2.45) is 22.7 Å². The van der Waals surface area contributed by atoms with Crippen molar-refractivity contribution in [3.8, 4) is 0 Å². The molecular formula is C30H35ClF2N4O6S2. The fourth-order valence-corrected chi connectivity index (χ4v) is 9.06. The van der Waals surface area contributed by atoms with Gasteiger partial charge in [-0.05, 0) is 57.4 Å². The lowest BCUT2D eigenvalue weighted by atomic mass is 9.83. The molecule has 3 aliphatic rings. The Hall–Kier alpha value is -2.94. The second-order valence-corrected chi connectivity index (χ2v) is 14.6. The zero-order valence-corrected chi connectivity index (χ0v) is 27.3. The highest BCUT2D eigenvalue weighted by molar-refractivity contribution is 7.89. The largest absolute Gasteiger partial charge is 0.469 e. The molecule has 0 bridgehead atoms. The summed E-state index contributed by atoms with van der Waals surface area (Å²) in [4.78, 5) is 34.4. The molecule has 10 nitrogen and oxygen atoms in total. The number of hydrogen-bond acceptors (Lipinski definition) is 10. The molecule has 15 heteroatoms. The normalized spacial score (nSPS) is 23.3. The Bertz CT molecular complexity index is 1590. The molecule has 2 aromatic rings. The third-order valence-corrected chi connectivity index (χ3v) is 11.9. The fourth-order valence-electron chi connectivity index (χ4n) is 6.30. The highest BCUT2D eigenvalue weighted by Gasteiger charge is 2.40. The van der Waals surface area contributed by atoms with Crippen LogP contribution >= 0.6 is 22.9 Å². The Labute approximate surface area is 269 Å². The molecular weight excluding hydrogens is 650 g/mol. The summed E-state index contributed by atoms with van der Waals surface area (Å²) >= 11 is 7.58. The Morgan fingerprint density at radius 3 is 2.47 bits per heavy atom. The minimum absolute atomic E-state index is 0.0120. The first kappa shape index (κ1) is 33.4. The average molecular weight is 685 g/mol. The second-order valence-electron chi connectivity index (χ2n) is 11.3. The Kier molecular flexibility index (Phi) is 10.6. The van der Waals surface area contributed by atoms with Gasteiger partial charge in [-0.2, -0.15) is 0 Å². The van der Waals surface area contributed by atoms with Crippen molar-refractivity contribution in [3.63, 3.8) is 0 Å². The van der Waals surface area contributed by atoms with E-state index in [0.717, 1.165) is 6.07 Å². The van der Waals surface area contributed by atoms with Crippen molar-refractivity contribution < 1.29 is 36.3 Å². The number of ether oxygens (including phenoxy) is 2. The zero-order chi connectivity index (χ0) is 32.3. The SMILES string of the molecule is CCOC(=O)C1=C(C2CCN(S(=O)(=O)C[C@H]3CC[C@H](C(=O)OC)CC3)CC2)NC(c2nccs2)=NC1c1ccc(F)c(F)c1Cl. The number of rotatable bonds is 9. The van der Waals surface area contributed by atoms with Gasteiger partial charge in [0.2, 0.25) is 10.0 Å². The van der Waals surface area contributed by atoms with Crippen LogP contribution in [0.25, 0.3) is 0 Å². The van der Waals surface area contributed by atoms with Gasteiger partial charge in [0, 0.05) is 41.8 Å². The van der Waals surface area contributed by atoms with Gasteiger partial charge in [-0.15, -0.1) is 11.3 Å². The van der Waals surface area contributed by atoms with Crippen LogP contribution in [0.2, 0.25) is 5.02 Å². The van der Waals surface area contributed by atoms with E-state index >= 15 is 0 Å². The number of aliphatic imine (C=N–C) groups is 1. The van der Waals surface area contributed by atoms with Crippen LogP contribution in [0.1, 0.15) is 62.1 Å². The van der Waals surface area contributed by atoms with Crippen molar-refractivity contribution in [3.05, 3.63) is 62.2 Å². The van der Waals surface area contributed by atoms with Gasteiger partial charge in [0.25, 0.3) is 0 Å². The van der Waals surface area contributed by atoms with Crippen molar-refractivity contribution >= 4 is 50.7 Å². The Balaban J connectivity index is 1.40. The van der Waals surface area contributed by atoms with E-state index in [1.165, 1.54) is 28.8 Å². The topological polar surface area (TPSA) is 127 Å². The number of methoxy groups -OCH3 is 1. The molecule has 45 heavy (non-hydrogen) atoms. The average Bonchev–Trinajstić information content (AvgIpc) is 3.58. The molecule has 0 amide bonds. The van der Waals surface area contributed by atoms with Crippen LogP contribution < -0.4 is 5.32 Å². The highest BCUT2D eigenvalue weighted by Crippen LogP contribution is 2.41. The summed E-state index contributed by atoms with van der Waals surface area (Å²) in [6.07, 6.45) is 4.88. The number of esters is 2. The summed E-state index contributed by atoms with van der Waals surface area (Å²) in [5.41, 5.74) is 0.667. The Morgan fingerprint density at radius 1 is 1.13 bits per heavy atom. The number of aromatic nitrogens is 1. The van der Waals surface area contributed by atoms with E-state index in [2.05, 4.69) is 15.3 Å². The molecule has 1 N–H and O–H groups in total. The monoisotopic (exact) mass is 684 g/mol. The predicted octanol–water partition coefficient (Wildman–Crippen LogP) is 5.00. The summed E-state index contributed by atoms with van der Waals surface area (Å²) in [6.45, 7) is 2.18. The number of sulfonamides is 1. The van der Waals surface area contributed by atoms with E-state index in [1.807, 2.05) is 0 Å². The molecule has 244 valence electrons. The molecule has 3 heterocycles. The van der Waals surface area contributed by atoms with Gasteiger partial charge in [-0.3, -0.25) is 9.79 Å². The maximum absolute atomic E-state index is 14.6. The van der Waals surface area contributed by atoms with Crippen molar-refractivity contribution in [1.29, 1.82) is 0 Å². The Morgan fingerprint density at radius 2 is 1.84 bits per heavy atom. The molecule has 1 atom stereocenters. The lowest BCUT2D eigenvalue weighted by Crippen LogP contribution is -2.44. The van der Waals surface area contributed by atoms with E-state index in [-0.39, 0.29) is 60.3 Å². The molecule has 0 spiro atoms. The number of carbonyl (C=O) groups excluding carboxylic acids is 2. The molecule has 1 saturated carbocycles. The highest BCUT2D eigenvalue weighted by atomic mass is 35.5. The molecule has 0 radical (unpaired) electrons. The lowest BCUT2D eigenvalue weighted by Gasteiger charge is -2.37. The van der Waals surface area contributed by atoms with Gasteiger partial charge in [-0.25, -0.2) is 31.3 Å². The number of thiazole rings is 1. The number of piperidine rings is 1. The van der Waals surface area contributed by atoms with Crippen LogP contribution in [0.4, 0.5) is 8.78 Å².